The fourth-order valence-corrected chi connectivity index (χ4v) is 1.75. The van der Waals surface area contributed by atoms with Crippen molar-refractivity contribution < 1.29 is 13.7 Å². The van der Waals surface area contributed by atoms with Gasteiger partial charge in [0.1, 0.15) is 4.47 Å². The summed E-state index contributed by atoms with van der Waals surface area (Å²) in [6.07, 6.45) is -2.78. The van der Waals surface area contributed by atoms with E-state index in [0.717, 1.165) is 6.07 Å². The zero-order valence-corrected chi connectivity index (χ0v) is 10.3. The van der Waals surface area contributed by atoms with Crippen LogP contribution in [0.1, 0.15) is 17.7 Å². The molecular weight excluding hydrogens is 342 g/mol. The van der Waals surface area contributed by atoms with Crippen molar-refractivity contribution in [3.05, 3.63) is 31.9 Å². The summed E-state index contributed by atoms with van der Waals surface area (Å²) < 4.78 is 24.7. The maximum atomic E-state index is 12.5. The van der Waals surface area contributed by atoms with Crippen molar-refractivity contribution in [3.63, 3.8) is 0 Å². The van der Waals surface area contributed by atoms with Gasteiger partial charge in [-0.2, -0.15) is 0 Å². The summed E-state index contributed by atoms with van der Waals surface area (Å²) in [7, 11) is 0. The average molecular weight is 346 g/mol. The molecule has 0 aliphatic rings. The summed E-state index contributed by atoms with van der Waals surface area (Å²) >= 11 is 5.75. The Morgan fingerprint density at radius 1 is 1.60 bits per heavy atom. The second-order valence-electron chi connectivity index (χ2n) is 2.53. The van der Waals surface area contributed by atoms with Crippen LogP contribution in [-0.4, -0.2) is 9.91 Å². The lowest BCUT2D eigenvalue weighted by Crippen LogP contribution is -2.00. The van der Waals surface area contributed by atoms with E-state index >= 15 is 0 Å². The van der Waals surface area contributed by atoms with Gasteiger partial charge in [-0.05, 0) is 31.9 Å². The van der Waals surface area contributed by atoms with Crippen molar-refractivity contribution in [2.75, 3.05) is 0 Å². The summed E-state index contributed by atoms with van der Waals surface area (Å²) in [4.78, 5) is 13.3. The summed E-state index contributed by atoms with van der Waals surface area (Å²) in [6.45, 7) is 0. The Kier molecular flexibility index (Phi) is 4.09. The Labute approximate surface area is 100 Å². The molecule has 15 heavy (non-hydrogen) atoms. The van der Waals surface area contributed by atoms with E-state index in [2.05, 4.69) is 36.8 Å². The molecule has 0 spiro atoms. The molecule has 1 rings (SSSR count). The normalized spacial score (nSPS) is 10.7. The number of nitro groups is 1. The highest BCUT2D eigenvalue weighted by Crippen LogP contribution is 2.34. The van der Waals surface area contributed by atoms with Gasteiger partial charge in [0.05, 0.1) is 5.33 Å². The standard InChI is InChI=1S/C7H4Br2F2N2O2/c8-2-3-1-4(6(10)11)5(9)7(12-3)13(14)15/h1,6H,2H2. The maximum absolute atomic E-state index is 12.5. The lowest BCUT2D eigenvalue weighted by atomic mass is 10.2. The molecule has 82 valence electrons. The van der Waals surface area contributed by atoms with Crippen LogP contribution in [0.5, 0.6) is 0 Å². The van der Waals surface area contributed by atoms with Gasteiger partial charge in [0.25, 0.3) is 6.43 Å². The lowest BCUT2D eigenvalue weighted by Gasteiger charge is -2.04. The minimum absolute atomic E-state index is 0.181. The van der Waals surface area contributed by atoms with Crippen LogP contribution in [0.15, 0.2) is 10.5 Å². The Hall–Kier alpha value is -0.630. The molecule has 0 aliphatic heterocycles. The molecule has 1 heterocycles. The highest BCUT2D eigenvalue weighted by molar-refractivity contribution is 9.10. The summed E-state index contributed by atoms with van der Waals surface area (Å²) in [5, 5.41) is 10.7. The van der Waals surface area contributed by atoms with Crippen molar-refractivity contribution in [1.29, 1.82) is 0 Å². The highest BCUT2D eigenvalue weighted by Gasteiger charge is 2.24. The predicted molar refractivity (Wildman–Crippen MR) is 56.2 cm³/mol. The first-order valence-electron chi connectivity index (χ1n) is 3.65. The summed E-state index contributed by atoms with van der Waals surface area (Å²) in [6, 6.07) is 1.12. The van der Waals surface area contributed by atoms with E-state index in [4.69, 9.17) is 0 Å². The molecule has 0 aromatic carbocycles. The van der Waals surface area contributed by atoms with Gasteiger partial charge in [-0.1, -0.05) is 15.9 Å². The average Bonchev–Trinajstić information content (AvgIpc) is 2.17. The Balaban J connectivity index is 3.40. The number of halogens is 4. The van der Waals surface area contributed by atoms with Crippen LogP contribution in [0.2, 0.25) is 0 Å². The van der Waals surface area contributed by atoms with E-state index in [9.17, 15) is 18.9 Å². The molecular formula is C7H4Br2F2N2O2. The molecule has 0 N–H and O–H groups in total. The topological polar surface area (TPSA) is 56.0 Å². The van der Waals surface area contributed by atoms with Gasteiger partial charge in [0.15, 0.2) is 5.69 Å². The molecule has 4 nitrogen and oxygen atoms in total. The summed E-state index contributed by atoms with van der Waals surface area (Å²) in [5.74, 6) is -0.595. The first-order valence-corrected chi connectivity index (χ1v) is 5.56. The van der Waals surface area contributed by atoms with E-state index in [1.807, 2.05) is 0 Å². The van der Waals surface area contributed by atoms with E-state index < -0.39 is 22.7 Å². The summed E-state index contributed by atoms with van der Waals surface area (Å²) in [5.41, 5.74) is -0.230. The van der Waals surface area contributed by atoms with Crippen molar-refractivity contribution in [2.24, 2.45) is 0 Å². The minimum Gasteiger partial charge on any atom is -0.358 e. The molecule has 0 atom stereocenters. The molecule has 0 saturated carbocycles. The monoisotopic (exact) mass is 344 g/mol. The Morgan fingerprint density at radius 3 is 2.60 bits per heavy atom. The molecule has 0 aliphatic carbocycles. The quantitative estimate of drug-likeness (QED) is 0.478. The number of pyridine rings is 1. The van der Waals surface area contributed by atoms with Gasteiger partial charge < -0.3 is 10.1 Å². The molecule has 1 aromatic rings. The smallest absolute Gasteiger partial charge is 0.358 e. The van der Waals surface area contributed by atoms with Gasteiger partial charge in [-0.25, -0.2) is 8.78 Å². The minimum atomic E-state index is -2.78. The molecule has 0 bridgehead atoms. The third-order valence-electron chi connectivity index (χ3n) is 1.57. The van der Waals surface area contributed by atoms with E-state index in [0.29, 0.717) is 0 Å². The second-order valence-corrected chi connectivity index (χ2v) is 3.89. The van der Waals surface area contributed by atoms with Crippen molar-refractivity contribution in [1.82, 2.24) is 4.98 Å². The molecule has 0 radical (unpaired) electrons. The molecule has 0 unspecified atom stereocenters. The van der Waals surface area contributed by atoms with Gasteiger partial charge in [-0.3, -0.25) is 0 Å². The van der Waals surface area contributed by atoms with Gasteiger partial charge in [0, 0.05) is 5.56 Å². The molecule has 8 heteroatoms. The van der Waals surface area contributed by atoms with E-state index in [1.165, 1.54) is 0 Å². The number of aromatic nitrogens is 1. The molecule has 1 aromatic heterocycles. The van der Waals surface area contributed by atoms with Gasteiger partial charge in [0.2, 0.25) is 0 Å². The van der Waals surface area contributed by atoms with Gasteiger partial charge in [-0.15, -0.1) is 0 Å². The second kappa shape index (κ2) is 4.93. The van der Waals surface area contributed by atoms with Crippen LogP contribution in [0.25, 0.3) is 0 Å². The SMILES string of the molecule is O=[N+]([O-])c1nc(CBr)cc(C(F)F)c1Br. The fraction of sp³-hybridized carbons (Fsp3) is 0.286. The Bertz CT molecular complexity index is 401. The number of hydrogen-bond donors (Lipinski definition) is 0. The van der Waals surface area contributed by atoms with Crippen LogP contribution < -0.4 is 0 Å². The molecule has 0 saturated heterocycles. The zero-order valence-electron chi connectivity index (χ0n) is 7.08. The first kappa shape index (κ1) is 12.4. The Morgan fingerprint density at radius 2 is 2.20 bits per heavy atom. The van der Waals surface area contributed by atoms with Crippen LogP contribution in [0, 0.1) is 10.1 Å². The number of alkyl halides is 3. The zero-order chi connectivity index (χ0) is 11.6. The van der Waals surface area contributed by atoms with E-state index in [1.54, 1.807) is 0 Å². The largest absolute Gasteiger partial charge is 0.378 e. The number of rotatable bonds is 3. The lowest BCUT2D eigenvalue weighted by molar-refractivity contribution is -0.390. The van der Waals surface area contributed by atoms with Crippen molar-refractivity contribution in [2.45, 2.75) is 11.8 Å². The molecule has 0 fully saturated rings. The third-order valence-corrected chi connectivity index (χ3v) is 2.95. The maximum Gasteiger partial charge on any atom is 0.378 e. The molecule has 0 amide bonds. The van der Waals surface area contributed by atoms with E-state index in [-0.39, 0.29) is 15.5 Å². The van der Waals surface area contributed by atoms with Gasteiger partial charge >= 0.3 is 5.82 Å². The van der Waals surface area contributed by atoms with Crippen molar-refractivity contribution in [3.8, 4) is 0 Å². The first-order chi connectivity index (χ1) is 6.97. The van der Waals surface area contributed by atoms with Crippen LogP contribution >= 0.6 is 31.9 Å². The number of nitrogens with zero attached hydrogens (tertiary/aromatic N) is 2. The van der Waals surface area contributed by atoms with Crippen molar-refractivity contribution >= 4 is 37.7 Å². The van der Waals surface area contributed by atoms with Crippen LogP contribution in [-0.2, 0) is 5.33 Å². The van der Waals surface area contributed by atoms with Crippen LogP contribution in [0.4, 0.5) is 14.6 Å². The fourth-order valence-electron chi connectivity index (χ4n) is 0.938. The highest BCUT2D eigenvalue weighted by atomic mass is 79.9. The van der Waals surface area contributed by atoms with Crippen LogP contribution in [0.3, 0.4) is 0 Å². The predicted octanol–water partition coefficient (Wildman–Crippen LogP) is 3.58. The third kappa shape index (κ3) is 2.69. The number of hydrogen-bond acceptors (Lipinski definition) is 3.